The first-order chi connectivity index (χ1) is 14.8. The van der Waals surface area contributed by atoms with Crippen molar-refractivity contribution in [3.63, 3.8) is 0 Å². The molecule has 0 saturated heterocycles. The van der Waals surface area contributed by atoms with E-state index in [0.717, 1.165) is 26.7 Å². The van der Waals surface area contributed by atoms with Crippen LogP contribution in [0.4, 0.5) is 5.00 Å². The van der Waals surface area contributed by atoms with E-state index in [-0.39, 0.29) is 11.2 Å². The first-order valence-electron chi connectivity index (χ1n) is 9.91. The van der Waals surface area contributed by atoms with Gasteiger partial charge in [0.05, 0.1) is 23.6 Å². The molecule has 8 heteroatoms. The lowest BCUT2D eigenvalue weighted by molar-refractivity contribution is -0.115. The van der Waals surface area contributed by atoms with Gasteiger partial charge in [-0.1, -0.05) is 49.0 Å². The Hall–Kier alpha value is -2.71. The van der Waals surface area contributed by atoms with Crippen molar-refractivity contribution >= 4 is 40.0 Å². The minimum atomic E-state index is -0.447. The van der Waals surface area contributed by atoms with Gasteiger partial charge in [0.15, 0.2) is 0 Å². The number of anilines is 1. The van der Waals surface area contributed by atoms with Crippen molar-refractivity contribution < 1.29 is 14.3 Å². The second-order valence-corrected chi connectivity index (χ2v) is 9.44. The fraction of sp³-hybridized carbons (Fsp3) is 0.304. The first kappa shape index (κ1) is 23.0. The van der Waals surface area contributed by atoms with Crippen molar-refractivity contribution in [3.05, 3.63) is 58.2 Å². The van der Waals surface area contributed by atoms with Gasteiger partial charge >= 0.3 is 5.97 Å². The molecular weight excluding hydrogens is 430 g/mol. The van der Waals surface area contributed by atoms with Gasteiger partial charge in [0.1, 0.15) is 15.9 Å². The molecule has 1 aromatic carbocycles. The zero-order valence-corrected chi connectivity index (χ0v) is 19.8. The molecule has 0 aliphatic carbocycles. The van der Waals surface area contributed by atoms with Crippen molar-refractivity contribution in [1.29, 1.82) is 0 Å². The van der Waals surface area contributed by atoms with Gasteiger partial charge in [-0.2, -0.15) is 0 Å². The lowest BCUT2D eigenvalue weighted by Crippen LogP contribution is -2.25. The molecule has 0 spiro atoms. The molecule has 6 nitrogen and oxygen atoms in total. The predicted octanol–water partition coefficient (Wildman–Crippen LogP) is 5.43. The van der Waals surface area contributed by atoms with Crippen molar-refractivity contribution in [1.82, 2.24) is 9.97 Å². The molecule has 2 heterocycles. The number of nitrogens with one attached hydrogen (secondary N) is 1. The van der Waals surface area contributed by atoms with Gasteiger partial charge in [0.25, 0.3) is 0 Å². The lowest BCUT2D eigenvalue weighted by atomic mass is 10.1. The highest BCUT2D eigenvalue weighted by Crippen LogP contribution is 2.34. The second kappa shape index (κ2) is 10.1. The summed E-state index contributed by atoms with van der Waals surface area (Å²) in [6, 6.07) is 11.8. The second-order valence-electron chi connectivity index (χ2n) is 6.99. The van der Waals surface area contributed by atoms with Gasteiger partial charge in [0, 0.05) is 10.4 Å². The molecule has 1 amide bonds. The molecule has 0 radical (unpaired) electrons. The topological polar surface area (TPSA) is 81.2 Å². The number of carbonyl (C=O) groups excluding carboxylic acids is 2. The summed E-state index contributed by atoms with van der Waals surface area (Å²) in [5, 5.41) is 3.82. The third kappa shape index (κ3) is 5.32. The van der Waals surface area contributed by atoms with E-state index in [2.05, 4.69) is 15.3 Å². The number of aromatic nitrogens is 2. The molecular formula is C23H25N3O3S2. The molecule has 0 bridgehead atoms. The Kier molecular flexibility index (Phi) is 7.46. The molecule has 1 N–H and O–H groups in total. The molecule has 1 atom stereocenters. The summed E-state index contributed by atoms with van der Waals surface area (Å²) in [7, 11) is 1.34. The van der Waals surface area contributed by atoms with E-state index in [4.69, 9.17) is 4.74 Å². The van der Waals surface area contributed by atoms with Crippen LogP contribution in [0.1, 0.15) is 40.0 Å². The number of nitrogens with zero attached hydrogens (tertiary/aromatic N) is 2. The fourth-order valence-electron chi connectivity index (χ4n) is 3.08. The summed E-state index contributed by atoms with van der Waals surface area (Å²) in [4.78, 5) is 35.3. The number of amides is 1. The summed E-state index contributed by atoms with van der Waals surface area (Å²) in [6.07, 6.45) is 0.608. The standard InChI is InChI=1S/C23H25N3O3S2/c1-6-18(21(27)26-22-20(23(28)29-5)13(2)14(3)30-22)31-19-12-17(24-15(4)25-19)16-10-8-7-9-11-16/h7-12,18H,6H2,1-5H3,(H,26,27). The highest BCUT2D eigenvalue weighted by Gasteiger charge is 2.25. The number of hydrogen-bond donors (Lipinski definition) is 1. The van der Waals surface area contributed by atoms with Gasteiger partial charge in [-0.3, -0.25) is 4.79 Å². The van der Waals surface area contributed by atoms with Gasteiger partial charge < -0.3 is 10.1 Å². The average Bonchev–Trinajstić information content (AvgIpc) is 3.04. The number of methoxy groups -OCH3 is 1. The Labute approximate surface area is 190 Å². The van der Waals surface area contributed by atoms with Gasteiger partial charge in [0.2, 0.25) is 5.91 Å². The number of benzene rings is 1. The van der Waals surface area contributed by atoms with Crippen molar-refractivity contribution in [2.24, 2.45) is 0 Å². The van der Waals surface area contributed by atoms with E-state index in [1.54, 1.807) is 0 Å². The minimum absolute atomic E-state index is 0.170. The van der Waals surface area contributed by atoms with Crippen LogP contribution in [0.3, 0.4) is 0 Å². The molecule has 2 aromatic heterocycles. The normalized spacial score (nSPS) is 11.8. The van der Waals surface area contributed by atoms with Crippen LogP contribution in [0.25, 0.3) is 11.3 Å². The van der Waals surface area contributed by atoms with Gasteiger partial charge in [-0.15, -0.1) is 11.3 Å². The van der Waals surface area contributed by atoms with E-state index in [1.807, 2.05) is 64.1 Å². The summed E-state index contributed by atoms with van der Waals surface area (Å²) in [6.45, 7) is 7.57. The minimum Gasteiger partial charge on any atom is -0.465 e. The monoisotopic (exact) mass is 455 g/mol. The highest BCUT2D eigenvalue weighted by molar-refractivity contribution is 8.00. The summed E-state index contributed by atoms with van der Waals surface area (Å²) in [5.41, 5.74) is 3.07. The quantitative estimate of drug-likeness (QED) is 0.291. The van der Waals surface area contributed by atoms with Crippen LogP contribution in [0.5, 0.6) is 0 Å². The Morgan fingerprint density at radius 3 is 2.52 bits per heavy atom. The van der Waals surface area contributed by atoms with E-state index < -0.39 is 5.97 Å². The zero-order chi connectivity index (χ0) is 22.5. The SMILES string of the molecule is CCC(Sc1cc(-c2ccccc2)nc(C)n1)C(=O)Nc1sc(C)c(C)c1C(=O)OC. The summed E-state index contributed by atoms with van der Waals surface area (Å²) >= 11 is 2.78. The van der Waals surface area contributed by atoms with Crippen LogP contribution < -0.4 is 5.32 Å². The molecule has 0 aliphatic heterocycles. The maximum Gasteiger partial charge on any atom is 0.341 e. The van der Waals surface area contributed by atoms with Crippen LogP contribution in [0.15, 0.2) is 41.4 Å². The third-order valence-electron chi connectivity index (χ3n) is 4.82. The van der Waals surface area contributed by atoms with Crippen molar-refractivity contribution in [2.75, 3.05) is 12.4 Å². The van der Waals surface area contributed by atoms with E-state index in [1.165, 1.54) is 30.2 Å². The van der Waals surface area contributed by atoms with Crippen molar-refractivity contribution in [2.45, 2.75) is 44.4 Å². The van der Waals surface area contributed by atoms with Crippen LogP contribution in [0.2, 0.25) is 0 Å². The maximum atomic E-state index is 13.1. The Morgan fingerprint density at radius 2 is 1.87 bits per heavy atom. The number of esters is 1. The number of rotatable bonds is 7. The van der Waals surface area contributed by atoms with Crippen LogP contribution in [0, 0.1) is 20.8 Å². The van der Waals surface area contributed by atoms with Crippen LogP contribution in [-0.4, -0.2) is 34.2 Å². The lowest BCUT2D eigenvalue weighted by Gasteiger charge is -2.15. The Morgan fingerprint density at radius 1 is 1.16 bits per heavy atom. The number of thioether (sulfide) groups is 1. The molecule has 0 fully saturated rings. The largest absolute Gasteiger partial charge is 0.465 e. The summed E-state index contributed by atoms with van der Waals surface area (Å²) in [5.74, 6) is 0.0322. The third-order valence-corrected chi connectivity index (χ3v) is 7.23. The number of aryl methyl sites for hydroxylation is 2. The molecule has 162 valence electrons. The molecule has 3 aromatic rings. The summed E-state index contributed by atoms with van der Waals surface area (Å²) < 4.78 is 4.90. The fourth-order valence-corrected chi connectivity index (χ4v) is 5.12. The van der Waals surface area contributed by atoms with E-state index in [0.29, 0.717) is 22.8 Å². The maximum absolute atomic E-state index is 13.1. The van der Waals surface area contributed by atoms with Crippen molar-refractivity contribution in [3.8, 4) is 11.3 Å². The van der Waals surface area contributed by atoms with E-state index in [9.17, 15) is 9.59 Å². The number of carbonyl (C=O) groups is 2. The highest BCUT2D eigenvalue weighted by atomic mass is 32.2. The molecule has 1 unspecified atom stereocenters. The zero-order valence-electron chi connectivity index (χ0n) is 18.2. The van der Waals surface area contributed by atoms with Gasteiger partial charge in [-0.05, 0) is 38.8 Å². The Balaban J connectivity index is 1.83. The Bertz CT molecular complexity index is 1100. The molecule has 31 heavy (non-hydrogen) atoms. The van der Waals surface area contributed by atoms with E-state index >= 15 is 0 Å². The average molecular weight is 456 g/mol. The number of ether oxygens (including phenoxy) is 1. The molecule has 3 rings (SSSR count). The van der Waals surface area contributed by atoms with Crippen LogP contribution in [-0.2, 0) is 9.53 Å². The molecule has 0 saturated carbocycles. The molecule has 0 aliphatic rings. The van der Waals surface area contributed by atoms with Crippen LogP contribution >= 0.6 is 23.1 Å². The predicted molar refractivity (Wildman–Crippen MR) is 126 cm³/mol. The van der Waals surface area contributed by atoms with Gasteiger partial charge in [-0.25, -0.2) is 14.8 Å². The number of thiophene rings is 1. The number of hydrogen-bond acceptors (Lipinski definition) is 7. The smallest absolute Gasteiger partial charge is 0.341 e. The first-order valence-corrected chi connectivity index (χ1v) is 11.6.